The Bertz CT molecular complexity index is 483. The quantitative estimate of drug-likeness (QED) is 0.911. The van der Waals surface area contributed by atoms with E-state index in [1.165, 1.54) is 0 Å². The molecular weight excluding hydrogens is 259 g/mol. The van der Waals surface area contributed by atoms with Crippen LogP contribution < -0.4 is 0 Å². The van der Waals surface area contributed by atoms with Gasteiger partial charge in [-0.1, -0.05) is 0 Å². The molecule has 1 aromatic rings. The van der Waals surface area contributed by atoms with Gasteiger partial charge in [0.15, 0.2) is 0 Å². The first-order chi connectivity index (χ1) is 8.59. The lowest BCUT2D eigenvalue weighted by Crippen LogP contribution is -2.27. The summed E-state index contributed by atoms with van der Waals surface area (Å²) in [5.41, 5.74) is -0.0588. The summed E-state index contributed by atoms with van der Waals surface area (Å²) in [7, 11) is -1.57. The van der Waals surface area contributed by atoms with Crippen LogP contribution in [0.3, 0.4) is 0 Å². The summed E-state index contributed by atoms with van der Waals surface area (Å²) in [6, 6.07) is 3.35. The maximum Gasteiger partial charge on any atom is 0.335 e. The average molecular weight is 272 g/mol. The number of rotatable bonds is 3. The summed E-state index contributed by atoms with van der Waals surface area (Å²) in [4.78, 5) is 10.8. The van der Waals surface area contributed by atoms with Gasteiger partial charge in [-0.25, -0.2) is 9.18 Å². The van der Waals surface area contributed by atoms with Crippen LogP contribution in [-0.2, 0) is 15.5 Å². The summed E-state index contributed by atoms with van der Waals surface area (Å²) < 4.78 is 31.0. The molecule has 6 heteroatoms. The van der Waals surface area contributed by atoms with Crippen molar-refractivity contribution in [2.45, 2.75) is 23.0 Å². The van der Waals surface area contributed by atoms with Gasteiger partial charge in [0.25, 0.3) is 0 Å². The van der Waals surface area contributed by atoms with Crippen molar-refractivity contribution < 1.29 is 23.2 Å². The molecule has 1 aliphatic rings. The van der Waals surface area contributed by atoms with Crippen LogP contribution in [-0.4, -0.2) is 33.7 Å². The van der Waals surface area contributed by atoms with E-state index < -0.39 is 22.6 Å². The molecule has 2 rings (SSSR count). The summed E-state index contributed by atoms with van der Waals surface area (Å²) in [6.45, 7) is 0.953. The smallest absolute Gasteiger partial charge is 0.335 e. The Balaban J connectivity index is 2.28. The molecule has 1 heterocycles. The molecule has 1 aromatic carbocycles. The van der Waals surface area contributed by atoms with Crippen molar-refractivity contribution >= 4 is 16.8 Å². The largest absolute Gasteiger partial charge is 0.478 e. The lowest BCUT2D eigenvalue weighted by Gasteiger charge is -2.21. The fourth-order valence-electron chi connectivity index (χ4n) is 1.85. The van der Waals surface area contributed by atoms with E-state index in [0.29, 0.717) is 19.6 Å². The van der Waals surface area contributed by atoms with E-state index in [1.54, 1.807) is 0 Å². The number of hydrogen-bond acceptors (Lipinski definition) is 3. The van der Waals surface area contributed by atoms with Crippen molar-refractivity contribution in [2.24, 2.45) is 0 Å². The van der Waals surface area contributed by atoms with Gasteiger partial charge in [0.2, 0.25) is 0 Å². The fourth-order valence-corrected chi connectivity index (χ4v) is 3.31. The zero-order valence-electron chi connectivity index (χ0n) is 9.60. The van der Waals surface area contributed by atoms with Gasteiger partial charge < -0.3 is 9.84 Å². The Hall–Kier alpha value is -1.27. The highest BCUT2D eigenvalue weighted by Gasteiger charge is 2.24. The minimum atomic E-state index is -1.57. The molecule has 0 radical (unpaired) electrons. The zero-order chi connectivity index (χ0) is 13.1. The van der Waals surface area contributed by atoms with Crippen LogP contribution in [0.1, 0.15) is 23.2 Å². The molecule has 1 aliphatic heterocycles. The van der Waals surface area contributed by atoms with E-state index in [2.05, 4.69) is 0 Å². The predicted octanol–water partition coefficient (Wildman–Crippen LogP) is 1.81. The van der Waals surface area contributed by atoms with Crippen molar-refractivity contribution in [3.8, 4) is 0 Å². The molecule has 0 spiro atoms. The molecule has 0 aliphatic carbocycles. The van der Waals surface area contributed by atoms with Gasteiger partial charge in [0.1, 0.15) is 5.82 Å². The maximum atomic E-state index is 13.6. The van der Waals surface area contributed by atoms with Crippen LogP contribution in [0.15, 0.2) is 23.1 Å². The Kier molecular flexibility index (Phi) is 4.08. The van der Waals surface area contributed by atoms with Gasteiger partial charge in [0.05, 0.1) is 33.1 Å². The molecule has 0 saturated carbocycles. The molecule has 2 atom stereocenters. The lowest BCUT2D eigenvalue weighted by atomic mass is 10.2. The summed E-state index contributed by atoms with van der Waals surface area (Å²) in [5.74, 6) is -1.79. The molecule has 0 amide bonds. The van der Waals surface area contributed by atoms with Gasteiger partial charge in [0, 0.05) is 6.61 Å². The van der Waals surface area contributed by atoms with Gasteiger partial charge >= 0.3 is 5.97 Å². The standard InChI is InChI=1S/C12H13FO4S/c13-10-4-3-8(12(14)15)6-11(10)18(16)9-2-1-5-17-7-9/h3-4,6,9H,1-2,5,7H2,(H,14,15). The average Bonchev–Trinajstić information content (AvgIpc) is 2.39. The highest BCUT2D eigenvalue weighted by atomic mass is 32.2. The number of benzene rings is 1. The topological polar surface area (TPSA) is 63.6 Å². The SMILES string of the molecule is O=C(O)c1ccc(F)c(S(=O)C2CCCOC2)c1. The Morgan fingerprint density at radius 1 is 1.50 bits per heavy atom. The van der Waals surface area contributed by atoms with E-state index in [9.17, 15) is 13.4 Å². The second-order valence-electron chi connectivity index (χ2n) is 4.09. The van der Waals surface area contributed by atoms with Gasteiger partial charge in [-0.15, -0.1) is 0 Å². The third kappa shape index (κ3) is 2.76. The first-order valence-corrected chi connectivity index (χ1v) is 6.82. The van der Waals surface area contributed by atoms with Crippen LogP contribution in [0, 0.1) is 5.82 Å². The van der Waals surface area contributed by atoms with E-state index in [1.807, 2.05) is 0 Å². The minimum absolute atomic E-state index is 0.0506. The van der Waals surface area contributed by atoms with Gasteiger partial charge in [-0.3, -0.25) is 4.21 Å². The summed E-state index contributed by atoms with van der Waals surface area (Å²) in [5, 5.41) is 8.58. The Morgan fingerprint density at radius 3 is 2.89 bits per heavy atom. The molecule has 2 unspecified atom stereocenters. The second-order valence-corrected chi connectivity index (χ2v) is 5.79. The molecule has 1 fully saturated rings. The lowest BCUT2D eigenvalue weighted by molar-refractivity contribution is 0.0696. The molecule has 0 bridgehead atoms. The monoisotopic (exact) mass is 272 g/mol. The third-order valence-corrected chi connectivity index (χ3v) is 4.54. The number of carbonyl (C=O) groups is 1. The van der Waals surface area contributed by atoms with Crippen molar-refractivity contribution in [3.63, 3.8) is 0 Å². The predicted molar refractivity (Wildman–Crippen MR) is 63.6 cm³/mol. The number of hydrogen-bond donors (Lipinski definition) is 1. The van der Waals surface area contributed by atoms with Crippen molar-refractivity contribution in [1.29, 1.82) is 0 Å². The van der Waals surface area contributed by atoms with Crippen LogP contribution in [0.5, 0.6) is 0 Å². The van der Waals surface area contributed by atoms with Crippen molar-refractivity contribution in [3.05, 3.63) is 29.6 Å². The molecule has 18 heavy (non-hydrogen) atoms. The van der Waals surface area contributed by atoms with Crippen molar-refractivity contribution in [1.82, 2.24) is 0 Å². The normalized spacial score (nSPS) is 21.5. The molecule has 0 aromatic heterocycles. The second kappa shape index (κ2) is 5.58. The van der Waals surface area contributed by atoms with Crippen LogP contribution >= 0.6 is 0 Å². The van der Waals surface area contributed by atoms with E-state index >= 15 is 0 Å². The number of aromatic carboxylic acids is 1. The van der Waals surface area contributed by atoms with E-state index in [4.69, 9.17) is 9.84 Å². The van der Waals surface area contributed by atoms with Crippen LogP contribution in [0.2, 0.25) is 0 Å². The zero-order valence-corrected chi connectivity index (χ0v) is 10.4. The number of halogens is 1. The highest BCUT2D eigenvalue weighted by molar-refractivity contribution is 7.85. The molecule has 4 nitrogen and oxygen atoms in total. The van der Waals surface area contributed by atoms with Crippen LogP contribution in [0.4, 0.5) is 4.39 Å². The summed E-state index contributed by atoms with van der Waals surface area (Å²) in [6.07, 6.45) is 1.49. The first-order valence-electron chi connectivity index (χ1n) is 5.61. The summed E-state index contributed by atoms with van der Waals surface area (Å²) >= 11 is 0. The van der Waals surface area contributed by atoms with E-state index in [0.717, 1.165) is 24.6 Å². The molecule has 1 saturated heterocycles. The number of carboxylic acids is 1. The molecular formula is C12H13FO4S. The first kappa shape index (κ1) is 13.2. The van der Waals surface area contributed by atoms with Crippen molar-refractivity contribution in [2.75, 3.05) is 13.2 Å². The molecule has 98 valence electrons. The fraction of sp³-hybridized carbons (Fsp3) is 0.417. The Morgan fingerprint density at radius 2 is 2.28 bits per heavy atom. The van der Waals surface area contributed by atoms with Gasteiger partial charge in [-0.2, -0.15) is 0 Å². The van der Waals surface area contributed by atoms with Crippen LogP contribution in [0.25, 0.3) is 0 Å². The Labute approximate surface area is 106 Å². The minimum Gasteiger partial charge on any atom is -0.478 e. The number of carboxylic acid groups (broad SMARTS) is 1. The van der Waals surface area contributed by atoms with E-state index in [-0.39, 0.29) is 15.7 Å². The highest BCUT2D eigenvalue weighted by Crippen LogP contribution is 2.22. The van der Waals surface area contributed by atoms with Gasteiger partial charge in [-0.05, 0) is 31.0 Å². The number of ether oxygens (including phenoxy) is 1. The third-order valence-electron chi connectivity index (χ3n) is 2.82. The molecule has 1 N–H and O–H groups in total. The maximum absolute atomic E-state index is 13.6.